The first kappa shape index (κ1) is 19.9. The Morgan fingerprint density at radius 1 is 1.12 bits per heavy atom. The van der Waals surface area contributed by atoms with Gasteiger partial charge in [-0.1, -0.05) is 34.1 Å². The summed E-state index contributed by atoms with van der Waals surface area (Å²) in [5, 5.41) is 5.45. The minimum absolute atomic E-state index is 0.0657. The Balaban J connectivity index is 1.65. The van der Waals surface area contributed by atoms with Crippen LogP contribution in [0.1, 0.15) is 18.4 Å². The Morgan fingerprint density at radius 2 is 1.88 bits per heavy atom. The van der Waals surface area contributed by atoms with Gasteiger partial charge in [0.1, 0.15) is 0 Å². The van der Waals surface area contributed by atoms with Gasteiger partial charge in [0.15, 0.2) is 11.6 Å². The average Bonchev–Trinajstić information content (AvgIpc) is 2.60. The molecule has 2 amide bonds. The predicted molar refractivity (Wildman–Crippen MR) is 102 cm³/mol. The standard InChI is InChI=1S/C19H20BrFN2O3/c1-13-6-7-14(20)12-16(13)23-19(25)8-10-22-18(24)9-11-26-17-5-3-2-4-15(17)21/h2-7,12H,8-11H2,1H3,(H,22,24)(H,23,25). The van der Waals surface area contributed by atoms with Crippen LogP contribution in [0.3, 0.4) is 0 Å². The zero-order chi connectivity index (χ0) is 18.9. The van der Waals surface area contributed by atoms with Crippen molar-refractivity contribution in [1.29, 1.82) is 0 Å². The maximum Gasteiger partial charge on any atom is 0.226 e. The van der Waals surface area contributed by atoms with Crippen LogP contribution in [0, 0.1) is 12.7 Å². The average molecular weight is 423 g/mol. The molecule has 0 atom stereocenters. The third kappa shape index (κ3) is 6.48. The summed E-state index contributed by atoms with van der Waals surface area (Å²) in [7, 11) is 0. The number of nitrogens with one attached hydrogen (secondary N) is 2. The van der Waals surface area contributed by atoms with Gasteiger partial charge < -0.3 is 15.4 Å². The zero-order valence-electron chi connectivity index (χ0n) is 14.4. The van der Waals surface area contributed by atoms with Crippen molar-refractivity contribution >= 4 is 33.4 Å². The second kappa shape index (κ2) is 9.91. The number of hydrogen-bond donors (Lipinski definition) is 2. The van der Waals surface area contributed by atoms with Gasteiger partial charge in [0, 0.05) is 23.1 Å². The molecule has 5 nitrogen and oxygen atoms in total. The quantitative estimate of drug-likeness (QED) is 0.679. The minimum Gasteiger partial charge on any atom is -0.490 e. The van der Waals surface area contributed by atoms with Crippen molar-refractivity contribution in [1.82, 2.24) is 5.32 Å². The van der Waals surface area contributed by atoms with E-state index in [2.05, 4.69) is 26.6 Å². The number of rotatable bonds is 8. The fraction of sp³-hybridized carbons (Fsp3) is 0.263. The molecule has 0 radical (unpaired) electrons. The van der Waals surface area contributed by atoms with Crippen LogP contribution in [-0.4, -0.2) is 25.0 Å². The van der Waals surface area contributed by atoms with Gasteiger partial charge in [-0.2, -0.15) is 0 Å². The molecule has 138 valence electrons. The first-order chi connectivity index (χ1) is 12.5. The van der Waals surface area contributed by atoms with E-state index in [-0.39, 0.29) is 43.6 Å². The number of amides is 2. The van der Waals surface area contributed by atoms with Crippen molar-refractivity contribution < 1.29 is 18.7 Å². The van der Waals surface area contributed by atoms with Crippen LogP contribution >= 0.6 is 15.9 Å². The van der Waals surface area contributed by atoms with Crippen LogP contribution in [0.2, 0.25) is 0 Å². The number of aryl methyl sites for hydroxylation is 1. The molecule has 2 N–H and O–H groups in total. The number of carbonyl (C=O) groups excluding carboxylic acids is 2. The molecule has 2 aromatic rings. The molecule has 0 spiro atoms. The van der Waals surface area contributed by atoms with E-state index in [0.29, 0.717) is 0 Å². The van der Waals surface area contributed by atoms with E-state index in [1.807, 2.05) is 25.1 Å². The minimum atomic E-state index is -0.465. The number of para-hydroxylation sites is 1. The number of benzene rings is 2. The molecule has 0 saturated heterocycles. The number of halogens is 2. The van der Waals surface area contributed by atoms with E-state index in [1.165, 1.54) is 12.1 Å². The van der Waals surface area contributed by atoms with Gasteiger partial charge in [0.25, 0.3) is 0 Å². The van der Waals surface area contributed by atoms with Crippen LogP contribution in [0.15, 0.2) is 46.9 Å². The lowest BCUT2D eigenvalue weighted by molar-refractivity contribution is -0.121. The first-order valence-electron chi connectivity index (χ1n) is 8.16. The van der Waals surface area contributed by atoms with Crippen LogP contribution in [0.25, 0.3) is 0 Å². The molecule has 0 heterocycles. The molecule has 0 aliphatic heterocycles. The van der Waals surface area contributed by atoms with Crippen LogP contribution in [0.5, 0.6) is 5.75 Å². The van der Waals surface area contributed by atoms with E-state index < -0.39 is 5.82 Å². The molecule has 0 bridgehead atoms. The van der Waals surface area contributed by atoms with Gasteiger partial charge in [-0.3, -0.25) is 9.59 Å². The summed E-state index contributed by atoms with van der Waals surface area (Å²) in [5.41, 5.74) is 1.69. The molecule has 2 aromatic carbocycles. The molecule has 0 aliphatic carbocycles. The summed E-state index contributed by atoms with van der Waals surface area (Å²) >= 11 is 3.36. The summed E-state index contributed by atoms with van der Waals surface area (Å²) in [6.45, 7) is 2.19. The lowest BCUT2D eigenvalue weighted by Crippen LogP contribution is -2.28. The van der Waals surface area contributed by atoms with Gasteiger partial charge in [-0.25, -0.2) is 4.39 Å². The number of ether oxygens (including phenoxy) is 1. The monoisotopic (exact) mass is 422 g/mol. The van der Waals surface area contributed by atoms with Gasteiger partial charge in [0.2, 0.25) is 11.8 Å². The summed E-state index contributed by atoms with van der Waals surface area (Å²) in [5.74, 6) is -0.793. The molecular formula is C19H20BrFN2O3. The Bertz CT molecular complexity index is 783. The smallest absolute Gasteiger partial charge is 0.226 e. The largest absolute Gasteiger partial charge is 0.490 e. The van der Waals surface area contributed by atoms with Crippen molar-refractivity contribution in [3.05, 3.63) is 58.3 Å². The molecule has 0 saturated carbocycles. The van der Waals surface area contributed by atoms with Gasteiger partial charge in [0.05, 0.1) is 13.0 Å². The summed E-state index contributed by atoms with van der Waals surface area (Å²) < 4.78 is 19.5. The number of anilines is 1. The molecule has 26 heavy (non-hydrogen) atoms. The summed E-state index contributed by atoms with van der Waals surface area (Å²) in [4.78, 5) is 23.7. The number of carbonyl (C=O) groups is 2. The lowest BCUT2D eigenvalue weighted by Gasteiger charge is -2.10. The van der Waals surface area contributed by atoms with Gasteiger partial charge >= 0.3 is 0 Å². The lowest BCUT2D eigenvalue weighted by atomic mass is 10.2. The third-order valence-corrected chi connectivity index (χ3v) is 4.06. The second-order valence-corrected chi connectivity index (χ2v) is 6.55. The molecule has 0 unspecified atom stereocenters. The molecule has 2 rings (SSSR count). The van der Waals surface area contributed by atoms with Gasteiger partial charge in [-0.05, 0) is 36.8 Å². The number of hydrogen-bond acceptors (Lipinski definition) is 3. The van der Waals surface area contributed by atoms with E-state index in [4.69, 9.17) is 4.74 Å². The predicted octanol–water partition coefficient (Wildman–Crippen LogP) is 3.81. The molecule has 0 aromatic heterocycles. The van der Waals surface area contributed by atoms with E-state index in [0.717, 1.165) is 15.7 Å². The normalized spacial score (nSPS) is 10.3. The fourth-order valence-electron chi connectivity index (χ4n) is 2.16. The van der Waals surface area contributed by atoms with Crippen LogP contribution < -0.4 is 15.4 Å². The molecule has 0 fully saturated rings. The molecular weight excluding hydrogens is 403 g/mol. The first-order valence-corrected chi connectivity index (χ1v) is 8.95. The van der Waals surface area contributed by atoms with Crippen molar-refractivity contribution in [3.63, 3.8) is 0 Å². The van der Waals surface area contributed by atoms with Gasteiger partial charge in [-0.15, -0.1) is 0 Å². The Labute approximate surface area is 160 Å². The highest BCUT2D eigenvalue weighted by Gasteiger charge is 2.08. The topological polar surface area (TPSA) is 67.4 Å². The summed E-state index contributed by atoms with van der Waals surface area (Å²) in [6.07, 6.45) is 0.243. The van der Waals surface area contributed by atoms with Crippen molar-refractivity contribution in [2.75, 3.05) is 18.5 Å². The van der Waals surface area contributed by atoms with E-state index in [9.17, 15) is 14.0 Å². The van der Waals surface area contributed by atoms with Crippen LogP contribution in [-0.2, 0) is 9.59 Å². The maximum atomic E-state index is 13.4. The fourth-order valence-corrected chi connectivity index (χ4v) is 2.52. The van der Waals surface area contributed by atoms with Crippen molar-refractivity contribution in [3.8, 4) is 5.75 Å². The zero-order valence-corrected chi connectivity index (χ0v) is 15.9. The van der Waals surface area contributed by atoms with E-state index in [1.54, 1.807) is 12.1 Å². The van der Waals surface area contributed by atoms with Crippen molar-refractivity contribution in [2.24, 2.45) is 0 Å². The Morgan fingerprint density at radius 3 is 2.65 bits per heavy atom. The van der Waals surface area contributed by atoms with E-state index >= 15 is 0 Å². The molecule has 0 aliphatic rings. The molecule has 7 heteroatoms. The SMILES string of the molecule is Cc1ccc(Br)cc1NC(=O)CCNC(=O)CCOc1ccccc1F. The Hall–Kier alpha value is -2.41. The highest BCUT2D eigenvalue weighted by molar-refractivity contribution is 9.10. The second-order valence-electron chi connectivity index (χ2n) is 5.64. The van der Waals surface area contributed by atoms with Crippen molar-refractivity contribution in [2.45, 2.75) is 19.8 Å². The maximum absolute atomic E-state index is 13.4. The highest BCUT2D eigenvalue weighted by atomic mass is 79.9. The third-order valence-electron chi connectivity index (χ3n) is 3.57. The van der Waals surface area contributed by atoms with Crippen LogP contribution in [0.4, 0.5) is 10.1 Å². The summed E-state index contributed by atoms with van der Waals surface area (Å²) in [6, 6.07) is 11.6. The highest BCUT2D eigenvalue weighted by Crippen LogP contribution is 2.20. The Kier molecular flexibility index (Phi) is 7.59.